The van der Waals surface area contributed by atoms with E-state index in [-0.39, 0.29) is 11.3 Å². The lowest BCUT2D eigenvalue weighted by molar-refractivity contribution is -0.114. The average molecular weight is 243 g/mol. The highest BCUT2D eigenvalue weighted by Gasteiger charge is 2.21. The van der Waals surface area contributed by atoms with Crippen LogP contribution >= 0.6 is 0 Å². The number of rotatable bonds is 5. The molecule has 1 aliphatic carbocycles. The molecule has 0 spiro atoms. The molecule has 0 aromatic heterocycles. The fraction of sp³-hybridized carbons (Fsp3) is 0.438. The summed E-state index contributed by atoms with van der Waals surface area (Å²) in [7, 11) is 0. The molecular formula is C16H21NO. The van der Waals surface area contributed by atoms with Gasteiger partial charge in [-0.2, -0.15) is 0 Å². The first-order valence-corrected chi connectivity index (χ1v) is 6.61. The minimum atomic E-state index is 0.0340. The molecule has 0 unspecified atom stereocenters. The van der Waals surface area contributed by atoms with E-state index in [1.54, 1.807) is 6.08 Å². The lowest BCUT2D eigenvalue weighted by Gasteiger charge is -2.28. The number of carbonyl (C=O) groups excluding carboxylic acids is 1. The van der Waals surface area contributed by atoms with Gasteiger partial charge in [0, 0.05) is 23.7 Å². The average Bonchev–Trinajstić information content (AvgIpc) is 2.73. The molecule has 1 aliphatic rings. The number of allylic oxidation sites excluding steroid dienone is 2. The minimum Gasteiger partial charge on any atom is -0.383 e. The largest absolute Gasteiger partial charge is 0.383 e. The maximum absolute atomic E-state index is 11.2. The van der Waals surface area contributed by atoms with E-state index in [1.807, 2.05) is 6.07 Å². The molecule has 0 aliphatic heterocycles. The predicted octanol–water partition coefficient (Wildman–Crippen LogP) is 3.23. The van der Waals surface area contributed by atoms with Crippen LogP contribution in [0, 0.1) is 0 Å². The predicted molar refractivity (Wildman–Crippen MR) is 74.3 cm³/mol. The molecule has 0 fully saturated rings. The van der Waals surface area contributed by atoms with Crippen molar-refractivity contribution in [1.29, 1.82) is 0 Å². The van der Waals surface area contributed by atoms with Crippen LogP contribution in [0.15, 0.2) is 42.1 Å². The lowest BCUT2D eigenvalue weighted by Crippen LogP contribution is -2.38. The second-order valence-electron chi connectivity index (χ2n) is 5.63. The van der Waals surface area contributed by atoms with Crippen LogP contribution in [0.5, 0.6) is 0 Å². The molecule has 0 amide bonds. The summed E-state index contributed by atoms with van der Waals surface area (Å²) < 4.78 is 0. The summed E-state index contributed by atoms with van der Waals surface area (Å²) in [5, 5.41) is 3.50. The Labute approximate surface area is 109 Å². The van der Waals surface area contributed by atoms with Gasteiger partial charge in [0.05, 0.1) is 0 Å². The van der Waals surface area contributed by atoms with Crippen molar-refractivity contribution in [3.05, 3.63) is 47.7 Å². The molecule has 0 saturated heterocycles. The monoisotopic (exact) mass is 243 g/mol. The number of benzene rings is 1. The van der Waals surface area contributed by atoms with Gasteiger partial charge in [0.2, 0.25) is 0 Å². The molecule has 1 aromatic rings. The van der Waals surface area contributed by atoms with Crippen LogP contribution < -0.4 is 5.32 Å². The van der Waals surface area contributed by atoms with Crippen LogP contribution in [0.4, 0.5) is 0 Å². The molecule has 2 heteroatoms. The van der Waals surface area contributed by atoms with E-state index in [0.717, 1.165) is 25.0 Å². The second kappa shape index (κ2) is 5.38. The second-order valence-corrected chi connectivity index (χ2v) is 5.63. The van der Waals surface area contributed by atoms with Crippen molar-refractivity contribution in [2.24, 2.45) is 0 Å². The first-order valence-electron chi connectivity index (χ1n) is 6.61. The van der Waals surface area contributed by atoms with Crippen molar-refractivity contribution < 1.29 is 4.79 Å². The summed E-state index contributed by atoms with van der Waals surface area (Å²) in [5.74, 6) is 0.247. The first-order chi connectivity index (χ1) is 8.55. The molecular weight excluding hydrogens is 222 g/mol. The molecule has 0 saturated carbocycles. The molecule has 0 radical (unpaired) electrons. The zero-order chi connectivity index (χ0) is 13.0. The highest BCUT2D eigenvalue weighted by atomic mass is 16.1. The zero-order valence-corrected chi connectivity index (χ0v) is 11.2. The fourth-order valence-corrected chi connectivity index (χ4v) is 2.29. The molecule has 1 aromatic carbocycles. The van der Waals surface area contributed by atoms with E-state index in [4.69, 9.17) is 0 Å². The van der Waals surface area contributed by atoms with Crippen molar-refractivity contribution in [2.75, 3.05) is 0 Å². The van der Waals surface area contributed by atoms with Crippen molar-refractivity contribution >= 4 is 5.78 Å². The Morgan fingerprint density at radius 1 is 1.17 bits per heavy atom. The first kappa shape index (κ1) is 12.9. The molecule has 18 heavy (non-hydrogen) atoms. The summed E-state index contributed by atoms with van der Waals surface area (Å²) in [6, 6.07) is 10.5. The van der Waals surface area contributed by atoms with Crippen LogP contribution in [0.2, 0.25) is 0 Å². The molecule has 0 heterocycles. The number of aryl methyl sites for hydroxylation is 1. The number of hydrogen-bond acceptors (Lipinski definition) is 2. The van der Waals surface area contributed by atoms with Crippen molar-refractivity contribution in [3.8, 4) is 0 Å². The molecule has 2 nitrogen and oxygen atoms in total. The molecule has 96 valence electrons. The maximum atomic E-state index is 11.2. The van der Waals surface area contributed by atoms with E-state index < -0.39 is 0 Å². The zero-order valence-electron chi connectivity index (χ0n) is 11.2. The van der Waals surface area contributed by atoms with E-state index in [0.29, 0.717) is 6.42 Å². The van der Waals surface area contributed by atoms with Gasteiger partial charge in [0.25, 0.3) is 0 Å². The summed E-state index contributed by atoms with van der Waals surface area (Å²) in [6.45, 7) is 4.39. The van der Waals surface area contributed by atoms with Crippen LogP contribution in [0.25, 0.3) is 0 Å². The Morgan fingerprint density at radius 2 is 1.89 bits per heavy atom. The van der Waals surface area contributed by atoms with Crippen LogP contribution in [-0.2, 0) is 11.2 Å². The van der Waals surface area contributed by atoms with Gasteiger partial charge in [-0.3, -0.25) is 4.79 Å². The number of hydrogen-bond donors (Lipinski definition) is 1. The van der Waals surface area contributed by atoms with Crippen LogP contribution in [-0.4, -0.2) is 11.3 Å². The Bertz CT molecular complexity index is 445. The van der Waals surface area contributed by atoms with Gasteiger partial charge in [0.1, 0.15) is 0 Å². The fourth-order valence-electron chi connectivity index (χ4n) is 2.29. The summed E-state index contributed by atoms with van der Waals surface area (Å²) in [5.41, 5.74) is 2.49. The van der Waals surface area contributed by atoms with Gasteiger partial charge in [0.15, 0.2) is 5.78 Å². The van der Waals surface area contributed by atoms with Crippen LogP contribution in [0.1, 0.15) is 38.7 Å². The van der Waals surface area contributed by atoms with E-state index >= 15 is 0 Å². The van der Waals surface area contributed by atoms with Crippen molar-refractivity contribution in [1.82, 2.24) is 5.32 Å². The Kier molecular flexibility index (Phi) is 3.85. The van der Waals surface area contributed by atoms with Gasteiger partial charge in [-0.25, -0.2) is 0 Å². The summed E-state index contributed by atoms with van der Waals surface area (Å²) in [4.78, 5) is 11.2. The Balaban J connectivity index is 1.87. The SMILES string of the molecule is CC(C)(CCc1ccccc1)NC1=CC(=O)CC1. The standard InChI is InChI=1S/C16H21NO/c1-16(2,17-14-8-9-15(18)12-14)11-10-13-6-4-3-5-7-13/h3-7,12,17H,8-11H2,1-2H3. The summed E-state index contributed by atoms with van der Waals surface area (Å²) in [6.07, 6.45) is 5.40. The van der Waals surface area contributed by atoms with Gasteiger partial charge in [-0.1, -0.05) is 30.3 Å². The normalized spacial score (nSPS) is 15.7. The highest BCUT2D eigenvalue weighted by molar-refractivity contribution is 5.92. The van der Waals surface area contributed by atoms with Gasteiger partial charge >= 0.3 is 0 Å². The quantitative estimate of drug-likeness (QED) is 0.860. The van der Waals surface area contributed by atoms with E-state index in [1.165, 1.54) is 5.56 Å². The number of nitrogens with one attached hydrogen (secondary N) is 1. The Morgan fingerprint density at radius 3 is 2.50 bits per heavy atom. The van der Waals surface area contributed by atoms with E-state index in [9.17, 15) is 4.79 Å². The van der Waals surface area contributed by atoms with Crippen molar-refractivity contribution in [3.63, 3.8) is 0 Å². The summed E-state index contributed by atoms with van der Waals surface area (Å²) >= 11 is 0. The lowest BCUT2D eigenvalue weighted by atomic mass is 9.95. The smallest absolute Gasteiger partial charge is 0.157 e. The van der Waals surface area contributed by atoms with E-state index in [2.05, 4.69) is 43.4 Å². The third kappa shape index (κ3) is 3.73. The minimum absolute atomic E-state index is 0.0340. The van der Waals surface area contributed by atoms with Gasteiger partial charge in [-0.05, 0) is 38.7 Å². The molecule has 0 atom stereocenters. The number of carbonyl (C=O) groups is 1. The molecule has 0 bridgehead atoms. The molecule has 1 N–H and O–H groups in total. The topological polar surface area (TPSA) is 29.1 Å². The molecule has 2 rings (SSSR count). The van der Waals surface area contributed by atoms with Crippen LogP contribution in [0.3, 0.4) is 0 Å². The van der Waals surface area contributed by atoms with Crippen molar-refractivity contribution in [2.45, 2.75) is 45.1 Å². The van der Waals surface area contributed by atoms with Gasteiger partial charge < -0.3 is 5.32 Å². The third-order valence-corrected chi connectivity index (χ3v) is 3.36. The third-order valence-electron chi connectivity index (χ3n) is 3.36. The highest BCUT2D eigenvalue weighted by Crippen LogP contribution is 2.19. The maximum Gasteiger partial charge on any atom is 0.157 e. The van der Waals surface area contributed by atoms with Gasteiger partial charge in [-0.15, -0.1) is 0 Å². The Hall–Kier alpha value is -1.57. The number of ketones is 1.